The van der Waals surface area contributed by atoms with Crippen molar-refractivity contribution >= 4 is 16.8 Å². The fourth-order valence-electron chi connectivity index (χ4n) is 3.24. The van der Waals surface area contributed by atoms with Crippen molar-refractivity contribution in [1.29, 1.82) is 0 Å². The van der Waals surface area contributed by atoms with Crippen molar-refractivity contribution in [2.45, 2.75) is 38.5 Å². The van der Waals surface area contributed by atoms with Gasteiger partial charge in [-0.2, -0.15) is 0 Å². The molecule has 2 aromatic carbocycles. The number of carbonyl (C=O) groups is 1. The normalized spacial score (nSPS) is 18.1. The van der Waals surface area contributed by atoms with Gasteiger partial charge in [0.1, 0.15) is 5.75 Å². The molecule has 1 aliphatic heterocycles. The minimum Gasteiger partial charge on any atom is -0.497 e. The molecule has 1 fully saturated rings. The summed E-state index contributed by atoms with van der Waals surface area (Å²) < 4.78 is 10.9. The zero-order chi connectivity index (χ0) is 17.8. The Morgan fingerprint density at radius 2 is 2.08 bits per heavy atom. The van der Waals surface area contributed by atoms with Crippen LogP contribution in [0, 0.1) is 0 Å². The molecule has 25 heavy (non-hydrogen) atoms. The van der Waals surface area contributed by atoms with Gasteiger partial charge in [0, 0.05) is 20.2 Å². The summed E-state index contributed by atoms with van der Waals surface area (Å²) in [5.74, 6) is 0.847. The van der Waals surface area contributed by atoms with E-state index in [0.717, 1.165) is 41.5 Å². The summed E-state index contributed by atoms with van der Waals surface area (Å²) in [6.07, 6.45) is 2.22. The lowest BCUT2D eigenvalue weighted by molar-refractivity contribution is 0.0838. The average Bonchev–Trinajstić information content (AvgIpc) is 3.16. The van der Waals surface area contributed by atoms with Crippen LogP contribution in [0.15, 0.2) is 36.4 Å². The first kappa shape index (κ1) is 17.5. The molecule has 0 aromatic heterocycles. The molecule has 0 saturated carbocycles. The summed E-state index contributed by atoms with van der Waals surface area (Å²) in [5, 5.41) is 5.31. The number of amides is 2. The standard InChI is InChI=1S/C20H26N2O3/c1-14(19-5-4-10-25-19)21-20(23)22(2)13-15-6-7-17-12-18(24-3)9-8-16(17)11-15/h6-9,11-12,14,19H,4-5,10,13H2,1-3H3,(H,21,23)/t14-,19-/m1/s1. The molecule has 1 aliphatic rings. The maximum Gasteiger partial charge on any atom is 0.317 e. The van der Waals surface area contributed by atoms with Gasteiger partial charge in [0.2, 0.25) is 0 Å². The van der Waals surface area contributed by atoms with Crippen LogP contribution in [0.25, 0.3) is 10.8 Å². The zero-order valence-electron chi connectivity index (χ0n) is 15.1. The lowest BCUT2D eigenvalue weighted by Gasteiger charge is -2.24. The third kappa shape index (κ3) is 4.23. The summed E-state index contributed by atoms with van der Waals surface area (Å²) in [7, 11) is 3.48. The summed E-state index contributed by atoms with van der Waals surface area (Å²) in [4.78, 5) is 14.1. The van der Waals surface area contributed by atoms with Crippen LogP contribution in [0.5, 0.6) is 5.75 Å². The van der Waals surface area contributed by atoms with Gasteiger partial charge in [-0.25, -0.2) is 4.79 Å². The number of hydrogen-bond donors (Lipinski definition) is 1. The van der Waals surface area contributed by atoms with Gasteiger partial charge in [-0.1, -0.05) is 18.2 Å². The molecule has 0 bridgehead atoms. The van der Waals surface area contributed by atoms with Crippen molar-refractivity contribution in [3.63, 3.8) is 0 Å². The number of ether oxygens (including phenoxy) is 2. The Balaban J connectivity index is 1.62. The van der Waals surface area contributed by atoms with Crippen LogP contribution >= 0.6 is 0 Å². The highest BCUT2D eigenvalue weighted by Crippen LogP contribution is 2.22. The van der Waals surface area contributed by atoms with Gasteiger partial charge in [-0.05, 0) is 54.3 Å². The maximum atomic E-state index is 12.4. The van der Waals surface area contributed by atoms with E-state index in [0.29, 0.717) is 6.54 Å². The Kier molecular flexibility index (Phi) is 5.43. The average molecular weight is 342 g/mol. The summed E-state index contributed by atoms with van der Waals surface area (Å²) in [5.41, 5.74) is 1.10. The van der Waals surface area contributed by atoms with Crippen LogP contribution < -0.4 is 10.1 Å². The number of methoxy groups -OCH3 is 1. The van der Waals surface area contributed by atoms with Crippen molar-refractivity contribution in [3.8, 4) is 5.75 Å². The van der Waals surface area contributed by atoms with E-state index in [1.54, 1.807) is 12.0 Å². The number of hydrogen-bond acceptors (Lipinski definition) is 3. The van der Waals surface area contributed by atoms with Crippen LogP contribution in [0.1, 0.15) is 25.3 Å². The van der Waals surface area contributed by atoms with Gasteiger partial charge in [-0.15, -0.1) is 0 Å². The van der Waals surface area contributed by atoms with Gasteiger partial charge in [0.05, 0.1) is 19.3 Å². The summed E-state index contributed by atoms with van der Waals surface area (Å²) >= 11 is 0. The van der Waals surface area contributed by atoms with Crippen molar-refractivity contribution in [2.75, 3.05) is 20.8 Å². The number of nitrogens with one attached hydrogen (secondary N) is 1. The number of fused-ring (bicyclic) bond motifs is 1. The monoisotopic (exact) mass is 342 g/mol. The predicted molar refractivity (Wildman–Crippen MR) is 98.9 cm³/mol. The van der Waals surface area contributed by atoms with E-state index in [1.165, 1.54) is 0 Å². The maximum absolute atomic E-state index is 12.4. The molecule has 0 radical (unpaired) electrons. The number of urea groups is 1. The Bertz CT molecular complexity index is 741. The molecule has 1 saturated heterocycles. The largest absolute Gasteiger partial charge is 0.497 e. The van der Waals surface area contributed by atoms with Crippen LogP contribution in [-0.4, -0.2) is 43.8 Å². The zero-order valence-corrected chi connectivity index (χ0v) is 15.1. The van der Waals surface area contributed by atoms with Gasteiger partial charge in [0.15, 0.2) is 0 Å². The molecule has 5 heteroatoms. The Morgan fingerprint density at radius 1 is 1.32 bits per heavy atom. The second kappa shape index (κ2) is 7.74. The van der Waals surface area contributed by atoms with Crippen molar-refractivity contribution in [3.05, 3.63) is 42.0 Å². The third-order valence-electron chi connectivity index (χ3n) is 4.75. The van der Waals surface area contributed by atoms with Gasteiger partial charge in [0.25, 0.3) is 0 Å². The molecule has 0 spiro atoms. The number of benzene rings is 2. The lowest BCUT2D eigenvalue weighted by Crippen LogP contribution is -2.46. The summed E-state index contributed by atoms with van der Waals surface area (Å²) in [6.45, 7) is 3.36. The van der Waals surface area contributed by atoms with E-state index in [1.807, 2.05) is 32.2 Å². The van der Waals surface area contributed by atoms with Crippen LogP contribution in [0.3, 0.4) is 0 Å². The highest BCUT2D eigenvalue weighted by atomic mass is 16.5. The van der Waals surface area contributed by atoms with Gasteiger partial charge < -0.3 is 19.7 Å². The quantitative estimate of drug-likeness (QED) is 0.904. The third-order valence-corrected chi connectivity index (χ3v) is 4.75. The first-order valence-corrected chi connectivity index (χ1v) is 8.77. The Hall–Kier alpha value is -2.27. The second-order valence-electron chi connectivity index (χ2n) is 6.69. The number of carbonyl (C=O) groups excluding carboxylic acids is 1. The van der Waals surface area contributed by atoms with E-state index in [4.69, 9.17) is 9.47 Å². The van der Waals surface area contributed by atoms with Crippen LogP contribution in [-0.2, 0) is 11.3 Å². The Labute approximate surface area is 148 Å². The second-order valence-corrected chi connectivity index (χ2v) is 6.69. The molecule has 3 rings (SSSR count). The van der Waals surface area contributed by atoms with Crippen molar-refractivity contribution in [2.24, 2.45) is 0 Å². The van der Waals surface area contributed by atoms with E-state index < -0.39 is 0 Å². The van der Waals surface area contributed by atoms with Crippen LogP contribution in [0.2, 0.25) is 0 Å². The molecule has 2 amide bonds. The minimum atomic E-state index is -0.0715. The van der Waals surface area contributed by atoms with Crippen LogP contribution in [0.4, 0.5) is 4.79 Å². The SMILES string of the molecule is COc1ccc2cc(CN(C)C(=O)N[C@H](C)[C@H]3CCCO3)ccc2c1. The van der Waals surface area contributed by atoms with E-state index >= 15 is 0 Å². The molecule has 0 unspecified atom stereocenters. The molecule has 1 N–H and O–H groups in total. The molecule has 5 nitrogen and oxygen atoms in total. The lowest BCUT2D eigenvalue weighted by atomic mass is 10.1. The Morgan fingerprint density at radius 3 is 2.80 bits per heavy atom. The smallest absolute Gasteiger partial charge is 0.317 e. The highest BCUT2D eigenvalue weighted by Gasteiger charge is 2.24. The first-order chi connectivity index (χ1) is 12.1. The minimum absolute atomic E-state index is 0.0292. The number of nitrogens with zero attached hydrogens (tertiary/aromatic N) is 1. The molecule has 0 aliphatic carbocycles. The first-order valence-electron chi connectivity index (χ1n) is 8.77. The van der Waals surface area contributed by atoms with E-state index in [2.05, 4.69) is 23.5 Å². The summed E-state index contributed by atoms with van der Waals surface area (Å²) in [6, 6.07) is 12.2. The van der Waals surface area contributed by atoms with Crippen molar-refractivity contribution < 1.29 is 14.3 Å². The van der Waals surface area contributed by atoms with E-state index in [-0.39, 0.29) is 18.2 Å². The predicted octanol–water partition coefficient (Wildman–Crippen LogP) is 3.56. The molecule has 134 valence electrons. The molecular formula is C20H26N2O3. The topological polar surface area (TPSA) is 50.8 Å². The fraction of sp³-hybridized carbons (Fsp3) is 0.450. The van der Waals surface area contributed by atoms with Gasteiger partial charge >= 0.3 is 6.03 Å². The van der Waals surface area contributed by atoms with E-state index in [9.17, 15) is 4.79 Å². The highest BCUT2D eigenvalue weighted by molar-refractivity contribution is 5.84. The van der Waals surface area contributed by atoms with Gasteiger partial charge in [-0.3, -0.25) is 0 Å². The number of rotatable bonds is 5. The molecule has 2 atom stereocenters. The molecule has 1 heterocycles. The fourth-order valence-corrected chi connectivity index (χ4v) is 3.24. The van der Waals surface area contributed by atoms with Crippen molar-refractivity contribution in [1.82, 2.24) is 10.2 Å². The molecular weight excluding hydrogens is 316 g/mol. The molecule has 2 aromatic rings.